The highest BCUT2D eigenvalue weighted by molar-refractivity contribution is 7.13. The first-order chi connectivity index (χ1) is 10.0. The van der Waals surface area contributed by atoms with Gasteiger partial charge in [0.25, 0.3) is 11.8 Å². The third kappa shape index (κ3) is 2.65. The molecule has 0 aliphatic carbocycles. The molecule has 21 heavy (non-hydrogen) atoms. The van der Waals surface area contributed by atoms with Crippen LogP contribution in [0, 0.1) is 6.92 Å². The number of nitrogens with two attached hydrogens (primary N) is 1. The van der Waals surface area contributed by atoms with Crippen molar-refractivity contribution < 1.29 is 14.3 Å². The van der Waals surface area contributed by atoms with Crippen molar-refractivity contribution in [2.45, 2.75) is 6.92 Å². The Hall–Kier alpha value is -2.61. The van der Waals surface area contributed by atoms with E-state index in [1.54, 1.807) is 12.1 Å². The molecule has 8 heteroatoms. The Kier molecular flexibility index (Phi) is 3.22. The van der Waals surface area contributed by atoms with Gasteiger partial charge in [0.15, 0.2) is 6.61 Å². The molecule has 2 heterocycles. The van der Waals surface area contributed by atoms with E-state index in [4.69, 9.17) is 10.5 Å². The third-order valence-corrected chi connectivity index (χ3v) is 3.79. The first kappa shape index (κ1) is 13.4. The molecule has 1 aromatic heterocycles. The smallest absolute Gasteiger partial charge is 0.267 e. The molecule has 4 N–H and O–H groups in total. The number of benzene rings is 1. The molecule has 0 radical (unpaired) electrons. The summed E-state index contributed by atoms with van der Waals surface area (Å²) in [5.74, 6) is -0.0586. The zero-order chi connectivity index (χ0) is 15.0. The summed E-state index contributed by atoms with van der Waals surface area (Å²) in [5, 5.41) is 6.17. The summed E-state index contributed by atoms with van der Waals surface area (Å²) < 4.78 is 5.25. The number of anilines is 3. The number of hydrogen-bond donors (Lipinski definition) is 3. The van der Waals surface area contributed by atoms with E-state index in [2.05, 4.69) is 15.6 Å². The van der Waals surface area contributed by atoms with E-state index < -0.39 is 0 Å². The molecular weight excluding hydrogens is 292 g/mol. The highest BCUT2D eigenvalue weighted by Gasteiger charge is 2.19. The second-order valence-electron chi connectivity index (χ2n) is 4.47. The minimum Gasteiger partial charge on any atom is -0.482 e. The van der Waals surface area contributed by atoms with Crippen LogP contribution in [0.4, 0.5) is 17.1 Å². The fraction of sp³-hybridized carbons (Fsp3) is 0.154. The number of nitrogen functional groups attached to an aromatic ring is 1. The summed E-state index contributed by atoms with van der Waals surface area (Å²) in [6.45, 7) is 1.78. The topological polar surface area (TPSA) is 106 Å². The number of amides is 2. The number of carbonyl (C=O) groups excluding carboxylic acids is 2. The number of thiazole rings is 1. The van der Waals surface area contributed by atoms with E-state index in [0.717, 1.165) is 5.01 Å². The standard InChI is InChI=1S/C13H12N4O3S/c1-6-15-4-11(21-6)13(19)17-8-3-9-10(2-7(8)14)20-5-12(18)16-9/h2-4H,5,14H2,1H3,(H,16,18)(H,17,19). The SMILES string of the molecule is Cc1ncc(C(=O)Nc2cc3c(cc2N)OCC(=O)N3)s1. The zero-order valence-corrected chi connectivity index (χ0v) is 11.9. The van der Waals surface area contributed by atoms with Crippen LogP contribution in [0.25, 0.3) is 0 Å². The monoisotopic (exact) mass is 304 g/mol. The molecule has 1 aromatic carbocycles. The average Bonchev–Trinajstić information content (AvgIpc) is 2.87. The van der Waals surface area contributed by atoms with Crippen LogP contribution in [-0.4, -0.2) is 23.4 Å². The molecule has 0 saturated carbocycles. The first-order valence-corrected chi connectivity index (χ1v) is 6.94. The van der Waals surface area contributed by atoms with Gasteiger partial charge in [0.1, 0.15) is 10.6 Å². The van der Waals surface area contributed by atoms with Crippen molar-refractivity contribution in [3.8, 4) is 5.75 Å². The number of aromatic nitrogens is 1. The van der Waals surface area contributed by atoms with Crippen LogP contribution in [0.3, 0.4) is 0 Å². The average molecular weight is 304 g/mol. The normalized spacial score (nSPS) is 13.1. The number of nitrogens with one attached hydrogen (secondary N) is 2. The Morgan fingerprint density at radius 3 is 3.05 bits per heavy atom. The van der Waals surface area contributed by atoms with Crippen LogP contribution >= 0.6 is 11.3 Å². The number of hydrogen-bond acceptors (Lipinski definition) is 6. The Bertz CT molecular complexity index is 741. The van der Waals surface area contributed by atoms with Crippen molar-refractivity contribution in [3.63, 3.8) is 0 Å². The quantitative estimate of drug-likeness (QED) is 0.731. The van der Waals surface area contributed by atoms with Crippen molar-refractivity contribution in [1.82, 2.24) is 4.98 Å². The summed E-state index contributed by atoms with van der Waals surface area (Å²) >= 11 is 1.29. The molecule has 0 spiro atoms. The van der Waals surface area contributed by atoms with Gasteiger partial charge in [-0.1, -0.05) is 0 Å². The molecule has 0 fully saturated rings. The third-order valence-electron chi connectivity index (χ3n) is 2.88. The second-order valence-corrected chi connectivity index (χ2v) is 5.70. The molecule has 2 aromatic rings. The molecule has 0 saturated heterocycles. The highest BCUT2D eigenvalue weighted by Crippen LogP contribution is 2.35. The molecule has 0 atom stereocenters. The number of ether oxygens (including phenoxy) is 1. The van der Waals surface area contributed by atoms with Gasteiger partial charge < -0.3 is 21.1 Å². The van der Waals surface area contributed by atoms with Gasteiger partial charge in [0.2, 0.25) is 0 Å². The summed E-state index contributed by atoms with van der Waals surface area (Å²) in [4.78, 5) is 27.9. The van der Waals surface area contributed by atoms with Crippen LogP contribution < -0.4 is 21.1 Å². The van der Waals surface area contributed by atoms with Gasteiger partial charge in [-0.25, -0.2) is 4.98 Å². The molecule has 0 unspecified atom stereocenters. The highest BCUT2D eigenvalue weighted by atomic mass is 32.1. The number of fused-ring (bicyclic) bond motifs is 1. The molecule has 0 bridgehead atoms. The van der Waals surface area contributed by atoms with Crippen molar-refractivity contribution in [1.29, 1.82) is 0 Å². The first-order valence-electron chi connectivity index (χ1n) is 6.13. The predicted molar refractivity (Wildman–Crippen MR) is 79.8 cm³/mol. The van der Waals surface area contributed by atoms with Gasteiger partial charge >= 0.3 is 0 Å². The van der Waals surface area contributed by atoms with Gasteiger partial charge in [-0.3, -0.25) is 9.59 Å². The minimum absolute atomic E-state index is 0.0434. The summed E-state index contributed by atoms with van der Waals surface area (Å²) in [6.07, 6.45) is 1.51. The van der Waals surface area contributed by atoms with E-state index >= 15 is 0 Å². The number of rotatable bonds is 2. The van der Waals surface area contributed by atoms with E-state index in [0.29, 0.717) is 27.7 Å². The van der Waals surface area contributed by atoms with Gasteiger partial charge in [0, 0.05) is 6.07 Å². The molecule has 2 amide bonds. The molecule has 3 rings (SSSR count). The molecule has 108 valence electrons. The van der Waals surface area contributed by atoms with Gasteiger partial charge in [-0.15, -0.1) is 11.3 Å². The molecular formula is C13H12N4O3S. The maximum Gasteiger partial charge on any atom is 0.267 e. The Labute approximate surface area is 124 Å². The van der Waals surface area contributed by atoms with Gasteiger partial charge in [-0.2, -0.15) is 0 Å². The maximum atomic E-state index is 12.1. The lowest BCUT2D eigenvalue weighted by Gasteiger charge is -2.20. The van der Waals surface area contributed by atoms with Gasteiger partial charge in [-0.05, 0) is 13.0 Å². The van der Waals surface area contributed by atoms with Crippen LogP contribution in [0.5, 0.6) is 5.75 Å². The zero-order valence-electron chi connectivity index (χ0n) is 11.1. The van der Waals surface area contributed by atoms with E-state index in [-0.39, 0.29) is 18.4 Å². The van der Waals surface area contributed by atoms with Gasteiger partial charge in [0.05, 0.1) is 28.3 Å². The van der Waals surface area contributed by atoms with E-state index in [1.807, 2.05) is 6.92 Å². The Balaban J connectivity index is 1.87. The van der Waals surface area contributed by atoms with Crippen molar-refractivity contribution >= 4 is 40.2 Å². The maximum absolute atomic E-state index is 12.1. The van der Waals surface area contributed by atoms with Crippen molar-refractivity contribution in [2.24, 2.45) is 0 Å². The van der Waals surface area contributed by atoms with Crippen molar-refractivity contribution in [2.75, 3.05) is 23.0 Å². The summed E-state index contributed by atoms with van der Waals surface area (Å²) in [6, 6.07) is 3.15. The van der Waals surface area contributed by atoms with Crippen LogP contribution in [-0.2, 0) is 4.79 Å². The molecule has 1 aliphatic rings. The largest absolute Gasteiger partial charge is 0.482 e. The minimum atomic E-state index is -0.296. The van der Waals surface area contributed by atoms with Crippen LogP contribution in [0.15, 0.2) is 18.3 Å². The summed E-state index contributed by atoms with van der Waals surface area (Å²) in [5.41, 5.74) is 7.15. The Morgan fingerprint density at radius 1 is 1.52 bits per heavy atom. The lowest BCUT2D eigenvalue weighted by atomic mass is 10.2. The van der Waals surface area contributed by atoms with Crippen LogP contribution in [0.2, 0.25) is 0 Å². The lowest BCUT2D eigenvalue weighted by molar-refractivity contribution is -0.118. The van der Waals surface area contributed by atoms with Crippen LogP contribution in [0.1, 0.15) is 14.7 Å². The molecule has 7 nitrogen and oxygen atoms in total. The number of carbonyl (C=O) groups is 2. The fourth-order valence-corrected chi connectivity index (χ4v) is 2.57. The lowest BCUT2D eigenvalue weighted by Crippen LogP contribution is -2.25. The number of nitrogens with zero attached hydrogens (tertiary/aromatic N) is 1. The van der Waals surface area contributed by atoms with E-state index in [9.17, 15) is 9.59 Å². The van der Waals surface area contributed by atoms with E-state index in [1.165, 1.54) is 17.5 Å². The van der Waals surface area contributed by atoms with Crippen molar-refractivity contribution in [3.05, 3.63) is 28.2 Å². The Morgan fingerprint density at radius 2 is 2.33 bits per heavy atom. The predicted octanol–water partition coefficient (Wildman–Crippen LogP) is 1.62. The number of aryl methyl sites for hydroxylation is 1. The molecule has 1 aliphatic heterocycles. The summed E-state index contributed by atoms with van der Waals surface area (Å²) in [7, 11) is 0. The fourth-order valence-electron chi connectivity index (χ4n) is 1.90. The second kappa shape index (κ2) is 5.06.